The molecule has 1 aromatic carbocycles. The molecule has 4 rings (SSSR count). The van der Waals surface area contributed by atoms with Gasteiger partial charge in [0.15, 0.2) is 12.5 Å². The highest BCUT2D eigenvalue weighted by molar-refractivity contribution is 6.02. The summed E-state index contributed by atoms with van der Waals surface area (Å²) < 4.78 is 42.9. The summed E-state index contributed by atoms with van der Waals surface area (Å²) in [5.74, 6) is -1.47. The monoisotopic (exact) mass is 475 g/mol. The summed E-state index contributed by atoms with van der Waals surface area (Å²) in [6, 6.07) is 8.99. The molecule has 4 N–H and O–H groups in total. The van der Waals surface area contributed by atoms with Crippen LogP contribution in [0.4, 0.5) is 30.6 Å². The highest BCUT2D eigenvalue weighted by atomic mass is 19.4. The van der Waals surface area contributed by atoms with Gasteiger partial charge in [0, 0.05) is 17.3 Å². The lowest BCUT2D eigenvalue weighted by molar-refractivity contribution is -0.140. The van der Waals surface area contributed by atoms with Crippen LogP contribution in [0.3, 0.4) is 0 Å². The second kappa shape index (κ2) is 8.65. The first-order valence-electron chi connectivity index (χ1n) is 10.1. The van der Waals surface area contributed by atoms with Crippen molar-refractivity contribution in [1.82, 2.24) is 25.6 Å². The van der Waals surface area contributed by atoms with E-state index in [0.29, 0.717) is 5.69 Å². The normalized spacial score (nSPS) is 13.5. The summed E-state index contributed by atoms with van der Waals surface area (Å²) in [4.78, 5) is 37.5. The van der Waals surface area contributed by atoms with Gasteiger partial charge in [-0.1, -0.05) is 6.07 Å². The number of nitrogens with zero attached hydrogens (tertiary/aromatic N) is 3. The maximum Gasteiger partial charge on any atom is 0.405 e. The summed E-state index contributed by atoms with van der Waals surface area (Å²) in [5, 5.41) is 11.0. The fourth-order valence-corrected chi connectivity index (χ4v) is 3.18. The lowest BCUT2D eigenvalue weighted by Crippen LogP contribution is -2.50. The largest absolute Gasteiger partial charge is 0.456 e. The molecule has 34 heavy (non-hydrogen) atoms. The molecule has 1 aliphatic rings. The zero-order valence-corrected chi connectivity index (χ0v) is 18.1. The minimum Gasteiger partial charge on any atom is -0.456 e. The minimum atomic E-state index is -4.55. The Morgan fingerprint density at radius 3 is 2.76 bits per heavy atom. The molecule has 10 nitrogen and oxygen atoms in total. The predicted octanol–water partition coefficient (Wildman–Crippen LogP) is 2.72. The number of fused-ring (bicyclic) bond motifs is 2. The van der Waals surface area contributed by atoms with Crippen LogP contribution >= 0.6 is 0 Å². The molecule has 3 heterocycles. The second-order valence-electron chi connectivity index (χ2n) is 7.95. The number of hydrogen-bond donors (Lipinski definition) is 4. The summed E-state index contributed by atoms with van der Waals surface area (Å²) in [6.45, 7) is 1.14. The number of ether oxygens (including phenoxy) is 1. The van der Waals surface area contributed by atoms with Crippen molar-refractivity contribution in [1.29, 1.82) is 0 Å². The van der Waals surface area contributed by atoms with Gasteiger partial charge in [0.05, 0.1) is 5.52 Å². The molecule has 0 fully saturated rings. The van der Waals surface area contributed by atoms with Crippen molar-refractivity contribution >= 4 is 40.2 Å². The highest BCUT2D eigenvalue weighted by Crippen LogP contribution is 2.31. The third kappa shape index (κ3) is 5.08. The minimum absolute atomic E-state index is 0.0438. The van der Waals surface area contributed by atoms with Gasteiger partial charge in [0.25, 0.3) is 5.91 Å². The van der Waals surface area contributed by atoms with Gasteiger partial charge in [-0.2, -0.15) is 23.1 Å². The van der Waals surface area contributed by atoms with E-state index in [1.807, 2.05) is 11.4 Å². The number of carbonyl (C=O) groups excluding carboxylic acids is 2. The molecule has 0 aliphatic carbocycles. The molecular weight excluding hydrogens is 455 g/mol. The van der Waals surface area contributed by atoms with Crippen molar-refractivity contribution in [2.45, 2.75) is 25.6 Å². The van der Waals surface area contributed by atoms with Crippen molar-refractivity contribution in [2.24, 2.45) is 0 Å². The van der Waals surface area contributed by atoms with E-state index in [9.17, 15) is 22.8 Å². The lowest BCUT2D eigenvalue weighted by atomic mass is 10.1. The number of halogens is 3. The molecule has 13 heteroatoms. The number of anilines is 3. The first kappa shape index (κ1) is 23.0. The van der Waals surface area contributed by atoms with E-state index in [1.165, 1.54) is 13.8 Å². The maximum atomic E-state index is 12.5. The van der Waals surface area contributed by atoms with Gasteiger partial charge in [-0.05, 0) is 38.1 Å². The van der Waals surface area contributed by atoms with Gasteiger partial charge in [-0.25, -0.2) is 0 Å². The van der Waals surface area contributed by atoms with Crippen LogP contribution in [-0.2, 0) is 4.79 Å². The highest BCUT2D eigenvalue weighted by Gasteiger charge is 2.34. The Kier molecular flexibility index (Phi) is 5.85. The Labute approximate surface area is 191 Å². The van der Waals surface area contributed by atoms with E-state index in [-0.39, 0.29) is 29.9 Å². The topological polar surface area (TPSA) is 130 Å². The Morgan fingerprint density at radius 2 is 2.00 bits per heavy atom. The molecule has 0 radical (unpaired) electrons. The van der Waals surface area contributed by atoms with Crippen molar-refractivity contribution in [3.8, 4) is 5.88 Å². The number of alkyl halides is 3. The van der Waals surface area contributed by atoms with Crippen LogP contribution in [0.1, 0.15) is 24.2 Å². The molecule has 0 bridgehead atoms. The molecule has 0 atom stereocenters. The SMILES string of the molecule is CC(C)(Nc1nc(Nc2ccc3ncccc3c2)c2c(n1)OCNC2=O)C(=O)NCC(F)(F)F. The third-order valence-electron chi connectivity index (χ3n) is 4.85. The smallest absolute Gasteiger partial charge is 0.405 e. The van der Waals surface area contributed by atoms with Crippen LogP contribution in [0.15, 0.2) is 36.5 Å². The number of rotatable bonds is 6. The average molecular weight is 475 g/mol. The Bertz CT molecular complexity index is 1260. The molecule has 3 aromatic rings. The second-order valence-corrected chi connectivity index (χ2v) is 7.95. The van der Waals surface area contributed by atoms with E-state index in [0.717, 1.165) is 10.9 Å². The molecule has 0 saturated carbocycles. The number of nitrogens with one attached hydrogen (secondary N) is 4. The Balaban J connectivity index is 1.65. The number of amides is 2. The zero-order chi connectivity index (χ0) is 24.5. The van der Waals surface area contributed by atoms with Crippen LogP contribution < -0.4 is 26.0 Å². The third-order valence-corrected chi connectivity index (χ3v) is 4.85. The standard InChI is InChI=1S/C21H20F3N7O3/c1-20(2,18(33)26-9-21(22,23)24)31-19-29-15(14-16(32)27-10-34-17(14)30-19)28-12-5-6-13-11(8-12)4-3-7-25-13/h3-8H,9-10H2,1-2H3,(H,26,33)(H,27,32)(H2,28,29,30,31). The summed E-state index contributed by atoms with van der Waals surface area (Å²) >= 11 is 0. The molecular formula is C21H20F3N7O3. The van der Waals surface area contributed by atoms with Crippen molar-refractivity contribution in [3.05, 3.63) is 42.1 Å². The van der Waals surface area contributed by atoms with Gasteiger partial charge >= 0.3 is 6.18 Å². The fraction of sp³-hybridized carbons (Fsp3) is 0.286. The molecule has 2 amide bonds. The van der Waals surface area contributed by atoms with E-state index >= 15 is 0 Å². The first-order chi connectivity index (χ1) is 16.0. The van der Waals surface area contributed by atoms with Gasteiger partial charge in [0.1, 0.15) is 17.6 Å². The number of carbonyl (C=O) groups is 2. The molecule has 178 valence electrons. The fourth-order valence-electron chi connectivity index (χ4n) is 3.18. The number of pyridine rings is 1. The number of aromatic nitrogens is 3. The Hall–Kier alpha value is -4.16. The van der Waals surface area contributed by atoms with Crippen LogP contribution in [0, 0.1) is 0 Å². The maximum absolute atomic E-state index is 12.5. The van der Waals surface area contributed by atoms with Crippen LogP contribution in [-0.4, -0.2) is 51.8 Å². The van der Waals surface area contributed by atoms with E-state index in [4.69, 9.17) is 4.74 Å². The van der Waals surface area contributed by atoms with Gasteiger partial charge in [0.2, 0.25) is 17.7 Å². The quantitative estimate of drug-likeness (QED) is 0.428. The van der Waals surface area contributed by atoms with E-state index < -0.39 is 30.1 Å². The van der Waals surface area contributed by atoms with Crippen LogP contribution in [0.25, 0.3) is 10.9 Å². The summed E-state index contributed by atoms with van der Waals surface area (Å²) in [5.41, 5.74) is -0.106. The zero-order valence-electron chi connectivity index (χ0n) is 18.1. The Morgan fingerprint density at radius 1 is 1.21 bits per heavy atom. The first-order valence-corrected chi connectivity index (χ1v) is 10.1. The van der Waals surface area contributed by atoms with Gasteiger partial charge < -0.3 is 26.0 Å². The van der Waals surface area contributed by atoms with Crippen molar-refractivity contribution in [2.75, 3.05) is 23.9 Å². The lowest BCUT2D eigenvalue weighted by Gasteiger charge is -2.27. The number of benzene rings is 1. The number of hydrogen-bond acceptors (Lipinski definition) is 8. The van der Waals surface area contributed by atoms with E-state index in [1.54, 1.807) is 30.5 Å². The van der Waals surface area contributed by atoms with Crippen molar-refractivity contribution < 1.29 is 27.5 Å². The average Bonchev–Trinajstić information content (AvgIpc) is 2.76. The summed E-state index contributed by atoms with van der Waals surface area (Å²) in [7, 11) is 0. The van der Waals surface area contributed by atoms with Crippen LogP contribution in [0.2, 0.25) is 0 Å². The molecule has 1 aliphatic heterocycles. The van der Waals surface area contributed by atoms with Crippen LogP contribution in [0.5, 0.6) is 5.88 Å². The molecule has 0 saturated heterocycles. The van der Waals surface area contributed by atoms with Gasteiger partial charge in [-0.15, -0.1) is 0 Å². The molecule has 0 spiro atoms. The van der Waals surface area contributed by atoms with Crippen molar-refractivity contribution in [3.63, 3.8) is 0 Å². The van der Waals surface area contributed by atoms with E-state index in [2.05, 4.69) is 30.9 Å². The van der Waals surface area contributed by atoms with Gasteiger partial charge in [-0.3, -0.25) is 14.6 Å². The molecule has 2 aromatic heterocycles. The molecule has 0 unspecified atom stereocenters. The predicted molar refractivity (Wildman–Crippen MR) is 117 cm³/mol. The summed E-state index contributed by atoms with van der Waals surface area (Å²) in [6.07, 6.45) is -2.88.